The Morgan fingerprint density at radius 1 is 0.742 bits per heavy atom. The third-order valence-electron chi connectivity index (χ3n) is 5.34. The fourth-order valence-electron chi connectivity index (χ4n) is 3.56. The van der Waals surface area contributed by atoms with Crippen molar-refractivity contribution in [2.24, 2.45) is 11.8 Å². The molecule has 2 aromatic rings. The van der Waals surface area contributed by atoms with Gasteiger partial charge in [0, 0.05) is 7.11 Å². The van der Waals surface area contributed by atoms with Gasteiger partial charge in [-0.15, -0.1) is 0 Å². The second kappa shape index (κ2) is 10.7. The van der Waals surface area contributed by atoms with Gasteiger partial charge in [0.2, 0.25) is 0 Å². The molecule has 1 fully saturated rings. The summed E-state index contributed by atoms with van der Waals surface area (Å²) in [5.74, 6) is -0.678. The van der Waals surface area contributed by atoms with Gasteiger partial charge < -0.3 is 18.9 Å². The number of carbonyl (C=O) groups excluding carboxylic acids is 3. The lowest BCUT2D eigenvalue weighted by atomic mass is 9.82. The SMILES string of the molecule is COCc1ccc(OC(=O)C2CCC(C(=O)Oc3ccc(C(=O)OC)cc3)CC2)cc1. The monoisotopic (exact) mass is 426 g/mol. The van der Waals surface area contributed by atoms with Crippen LogP contribution in [-0.2, 0) is 25.7 Å². The Balaban J connectivity index is 1.46. The summed E-state index contributed by atoms with van der Waals surface area (Å²) < 4.78 is 20.6. The van der Waals surface area contributed by atoms with Crippen molar-refractivity contribution in [2.75, 3.05) is 14.2 Å². The molecule has 31 heavy (non-hydrogen) atoms. The maximum absolute atomic E-state index is 12.5. The van der Waals surface area contributed by atoms with Gasteiger partial charge in [-0.1, -0.05) is 12.1 Å². The number of hydrogen-bond acceptors (Lipinski definition) is 7. The highest BCUT2D eigenvalue weighted by Crippen LogP contribution is 2.31. The molecule has 0 aliphatic heterocycles. The van der Waals surface area contributed by atoms with Crippen molar-refractivity contribution in [2.45, 2.75) is 32.3 Å². The van der Waals surface area contributed by atoms with Gasteiger partial charge in [0.1, 0.15) is 11.5 Å². The number of carbonyl (C=O) groups is 3. The maximum Gasteiger partial charge on any atom is 0.337 e. The molecule has 1 aliphatic rings. The molecule has 164 valence electrons. The molecule has 3 rings (SSSR count). The smallest absolute Gasteiger partial charge is 0.337 e. The summed E-state index contributed by atoms with van der Waals surface area (Å²) >= 11 is 0. The van der Waals surface area contributed by atoms with Gasteiger partial charge in [-0.25, -0.2) is 4.79 Å². The molecule has 1 saturated carbocycles. The summed E-state index contributed by atoms with van der Waals surface area (Å²) in [6, 6.07) is 13.4. The highest BCUT2D eigenvalue weighted by atomic mass is 16.5. The van der Waals surface area contributed by atoms with Crippen LogP contribution in [0.3, 0.4) is 0 Å². The third kappa shape index (κ3) is 6.15. The molecule has 0 spiro atoms. The molecule has 0 saturated heterocycles. The lowest BCUT2D eigenvalue weighted by Gasteiger charge is -2.25. The summed E-state index contributed by atoms with van der Waals surface area (Å²) in [7, 11) is 2.93. The van der Waals surface area contributed by atoms with Gasteiger partial charge in [0.05, 0.1) is 31.1 Å². The van der Waals surface area contributed by atoms with Crippen LogP contribution in [0.5, 0.6) is 11.5 Å². The van der Waals surface area contributed by atoms with E-state index < -0.39 is 5.97 Å². The summed E-state index contributed by atoms with van der Waals surface area (Å²) in [6.45, 7) is 0.504. The number of hydrogen-bond donors (Lipinski definition) is 0. The summed E-state index contributed by atoms with van der Waals surface area (Å²) in [5, 5.41) is 0. The molecule has 0 radical (unpaired) electrons. The standard InChI is InChI=1S/C24H26O7/c1-28-15-16-3-11-20(12-4-16)30-23(26)18-5-7-19(8-6-18)24(27)31-21-13-9-17(10-14-21)22(25)29-2/h3-4,9-14,18-19H,5-8,15H2,1-2H3. The van der Waals surface area contributed by atoms with E-state index in [0.29, 0.717) is 49.4 Å². The number of rotatable bonds is 7. The van der Waals surface area contributed by atoms with E-state index in [0.717, 1.165) is 5.56 Å². The van der Waals surface area contributed by atoms with E-state index in [9.17, 15) is 14.4 Å². The van der Waals surface area contributed by atoms with E-state index in [1.807, 2.05) is 12.1 Å². The van der Waals surface area contributed by atoms with Crippen molar-refractivity contribution in [3.63, 3.8) is 0 Å². The highest BCUT2D eigenvalue weighted by molar-refractivity contribution is 5.89. The number of ether oxygens (including phenoxy) is 4. The molecule has 7 heteroatoms. The lowest BCUT2D eigenvalue weighted by Crippen LogP contribution is -2.30. The quantitative estimate of drug-likeness (QED) is 0.489. The van der Waals surface area contributed by atoms with Crippen molar-refractivity contribution in [1.29, 1.82) is 0 Å². The molecule has 0 N–H and O–H groups in total. The Hall–Kier alpha value is -3.19. The molecule has 0 atom stereocenters. The van der Waals surface area contributed by atoms with Crippen LogP contribution >= 0.6 is 0 Å². The number of benzene rings is 2. The predicted molar refractivity (Wildman–Crippen MR) is 112 cm³/mol. The molecule has 1 aliphatic carbocycles. The predicted octanol–water partition coefficient (Wildman–Crippen LogP) is 3.94. The Bertz CT molecular complexity index is 895. The zero-order chi connectivity index (χ0) is 22.2. The van der Waals surface area contributed by atoms with E-state index >= 15 is 0 Å². The first-order valence-corrected chi connectivity index (χ1v) is 10.2. The average molecular weight is 426 g/mol. The highest BCUT2D eigenvalue weighted by Gasteiger charge is 2.32. The Morgan fingerprint density at radius 2 is 1.19 bits per heavy atom. The minimum atomic E-state index is -0.450. The van der Waals surface area contributed by atoms with Crippen molar-refractivity contribution in [3.8, 4) is 11.5 Å². The largest absolute Gasteiger partial charge is 0.465 e. The minimum absolute atomic E-state index is 0.234. The Kier molecular flexibility index (Phi) is 7.78. The molecule has 0 bridgehead atoms. The van der Waals surface area contributed by atoms with E-state index in [4.69, 9.17) is 14.2 Å². The van der Waals surface area contributed by atoms with E-state index in [1.165, 1.54) is 7.11 Å². The van der Waals surface area contributed by atoms with Crippen LogP contribution < -0.4 is 9.47 Å². The fourth-order valence-corrected chi connectivity index (χ4v) is 3.56. The molecule has 0 heterocycles. The van der Waals surface area contributed by atoms with Gasteiger partial charge in [0.25, 0.3) is 0 Å². The molecular formula is C24H26O7. The van der Waals surface area contributed by atoms with Crippen molar-refractivity contribution >= 4 is 17.9 Å². The van der Waals surface area contributed by atoms with Crippen LogP contribution in [0, 0.1) is 11.8 Å². The molecule has 0 amide bonds. The van der Waals surface area contributed by atoms with Gasteiger partial charge in [-0.05, 0) is 67.6 Å². The fraction of sp³-hybridized carbons (Fsp3) is 0.375. The van der Waals surface area contributed by atoms with E-state index in [1.54, 1.807) is 43.5 Å². The van der Waals surface area contributed by atoms with Crippen LogP contribution in [0.1, 0.15) is 41.6 Å². The first-order chi connectivity index (χ1) is 15.0. The lowest BCUT2D eigenvalue weighted by molar-refractivity contribution is -0.145. The summed E-state index contributed by atoms with van der Waals surface area (Å²) in [4.78, 5) is 36.4. The molecule has 2 aromatic carbocycles. The molecular weight excluding hydrogens is 400 g/mol. The Morgan fingerprint density at radius 3 is 1.61 bits per heavy atom. The summed E-state index contributed by atoms with van der Waals surface area (Å²) in [6.07, 6.45) is 2.26. The van der Waals surface area contributed by atoms with Gasteiger partial charge >= 0.3 is 17.9 Å². The van der Waals surface area contributed by atoms with Gasteiger partial charge in [0.15, 0.2) is 0 Å². The number of methoxy groups -OCH3 is 2. The van der Waals surface area contributed by atoms with Crippen LogP contribution in [0.15, 0.2) is 48.5 Å². The van der Waals surface area contributed by atoms with Crippen molar-refractivity contribution < 1.29 is 33.3 Å². The molecule has 0 unspecified atom stereocenters. The van der Waals surface area contributed by atoms with E-state index in [2.05, 4.69) is 4.74 Å². The third-order valence-corrected chi connectivity index (χ3v) is 5.34. The average Bonchev–Trinajstić information content (AvgIpc) is 2.80. The van der Waals surface area contributed by atoms with Gasteiger partial charge in [-0.2, -0.15) is 0 Å². The van der Waals surface area contributed by atoms with E-state index in [-0.39, 0.29) is 23.8 Å². The second-order valence-electron chi connectivity index (χ2n) is 7.48. The van der Waals surface area contributed by atoms with Crippen LogP contribution in [0.4, 0.5) is 0 Å². The van der Waals surface area contributed by atoms with Crippen molar-refractivity contribution in [1.82, 2.24) is 0 Å². The van der Waals surface area contributed by atoms with Crippen LogP contribution in [0.2, 0.25) is 0 Å². The molecule has 7 nitrogen and oxygen atoms in total. The maximum atomic E-state index is 12.5. The molecule has 0 aromatic heterocycles. The summed E-state index contributed by atoms with van der Waals surface area (Å²) in [5.41, 5.74) is 1.39. The first-order valence-electron chi connectivity index (χ1n) is 10.2. The normalized spacial score (nSPS) is 18.1. The van der Waals surface area contributed by atoms with Crippen LogP contribution in [0.25, 0.3) is 0 Å². The zero-order valence-corrected chi connectivity index (χ0v) is 17.7. The number of esters is 3. The van der Waals surface area contributed by atoms with Gasteiger partial charge in [-0.3, -0.25) is 9.59 Å². The Labute approximate surface area is 181 Å². The topological polar surface area (TPSA) is 88.1 Å². The first kappa shape index (κ1) is 22.5. The van der Waals surface area contributed by atoms with Crippen molar-refractivity contribution in [3.05, 3.63) is 59.7 Å². The van der Waals surface area contributed by atoms with Crippen LogP contribution in [-0.4, -0.2) is 32.1 Å². The zero-order valence-electron chi connectivity index (χ0n) is 17.7. The second-order valence-corrected chi connectivity index (χ2v) is 7.48. The minimum Gasteiger partial charge on any atom is -0.465 e.